The van der Waals surface area contributed by atoms with Crippen LogP contribution in [0.3, 0.4) is 0 Å². The zero-order valence-electron chi connectivity index (χ0n) is 15.9. The first-order valence-electron chi connectivity index (χ1n) is 8.86. The Morgan fingerprint density at radius 2 is 1.97 bits per heavy atom. The van der Waals surface area contributed by atoms with Gasteiger partial charge in [0.2, 0.25) is 0 Å². The lowest BCUT2D eigenvalue weighted by Crippen LogP contribution is -2.16. The SMILES string of the molecule is COC[C@@H](C)n1c(COc2ccccc2F)nnc1SCc1ccc(F)cc1Cl. The monoisotopic (exact) mass is 439 g/mol. The van der Waals surface area contributed by atoms with Gasteiger partial charge in [0.25, 0.3) is 0 Å². The molecule has 9 heteroatoms. The molecule has 0 unspecified atom stereocenters. The Morgan fingerprint density at radius 1 is 1.17 bits per heavy atom. The number of thioether (sulfide) groups is 1. The Morgan fingerprint density at radius 3 is 2.69 bits per heavy atom. The Bertz CT molecular complexity index is 971. The zero-order chi connectivity index (χ0) is 20.8. The van der Waals surface area contributed by atoms with Gasteiger partial charge in [0.05, 0.1) is 12.6 Å². The molecule has 29 heavy (non-hydrogen) atoms. The summed E-state index contributed by atoms with van der Waals surface area (Å²) in [5, 5.41) is 9.45. The molecule has 3 rings (SSSR count). The predicted molar refractivity (Wildman–Crippen MR) is 108 cm³/mol. The van der Waals surface area contributed by atoms with Crippen molar-refractivity contribution >= 4 is 23.4 Å². The van der Waals surface area contributed by atoms with Gasteiger partial charge in [-0.3, -0.25) is 4.57 Å². The number of para-hydroxylation sites is 1. The largest absolute Gasteiger partial charge is 0.483 e. The molecule has 0 aliphatic heterocycles. The summed E-state index contributed by atoms with van der Waals surface area (Å²) in [7, 11) is 1.61. The lowest BCUT2D eigenvalue weighted by molar-refractivity contribution is 0.154. The van der Waals surface area contributed by atoms with Gasteiger partial charge in [0, 0.05) is 17.9 Å². The third-order valence-electron chi connectivity index (χ3n) is 4.15. The fraction of sp³-hybridized carbons (Fsp3) is 0.300. The smallest absolute Gasteiger partial charge is 0.191 e. The van der Waals surface area contributed by atoms with Crippen LogP contribution in [0.1, 0.15) is 24.4 Å². The van der Waals surface area contributed by atoms with Gasteiger partial charge in [-0.25, -0.2) is 8.78 Å². The second kappa shape index (κ2) is 10.0. The molecule has 1 atom stereocenters. The minimum Gasteiger partial charge on any atom is -0.483 e. The number of benzene rings is 2. The summed E-state index contributed by atoms with van der Waals surface area (Å²) in [6, 6.07) is 10.4. The van der Waals surface area contributed by atoms with E-state index in [1.165, 1.54) is 30.0 Å². The maximum absolute atomic E-state index is 13.8. The number of halogens is 3. The molecule has 0 spiro atoms. The highest BCUT2D eigenvalue weighted by Crippen LogP contribution is 2.29. The van der Waals surface area contributed by atoms with Gasteiger partial charge in [0.1, 0.15) is 12.4 Å². The summed E-state index contributed by atoms with van der Waals surface area (Å²) in [4.78, 5) is 0. The van der Waals surface area contributed by atoms with Crippen molar-refractivity contribution < 1.29 is 18.3 Å². The van der Waals surface area contributed by atoms with E-state index in [1.807, 2.05) is 11.5 Å². The topological polar surface area (TPSA) is 49.2 Å². The normalized spacial score (nSPS) is 12.2. The average Bonchev–Trinajstić information content (AvgIpc) is 3.10. The van der Waals surface area contributed by atoms with Crippen LogP contribution in [-0.4, -0.2) is 28.5 Å². The van der Waals surface area contributed by atoms with Gasteiger partial charge >= 0.3 is 0 Å². The number of hydrogen-bond donors (Lipinski definition) is 0. The number of rotatable bonds is 9. The van der Waals surface area contributed by atoms with Crippen molar-refractivity contribution in [3.8, 4) is 5.75 Å². The molecule has 0 N–H and O–H groups in total. The van der Waals surface area contributed by atoms with Crippen LogP contribution in [0.5, 0.6) is 5.75 Å². The fourth-order valence-electron chi connectivity index (χ4n) is 2.75. The number of ether oxygens (including phenoxy) is 2. The van der Waals surface area contributed by atoms with Crippen LogP contribution >= 0.6 is 23.4 Å². The summed E-state index contributed by atoms with van der Waals surface area (Å²) in [6.45, 7) is 2.46. The molecule has 0 fully saturated rings. The Kier molecular flexibility index (Phi) is 7.46. The summed E-state index contributed by atoms with van der Waals surface area (Å²) >= 11 is 7.53. The molecule has 0 aliphatic rings. The van der Waals surface area contributed by atoms with E-state index >= 15 is 0 Å². The lowest BCUT2D eigenvalue weighted by Gasteiger charge is -2.17. The van der Waals surface area contributed by atoms with Crippen molar-refractivity contribution in [2.75, 3.05) is 13.7 Å². The third-order valence-corrected chi connectivity index (χ3v) is 5.49. The second-order valence-corrected chi connectivity index (χ2v) is 7.67. The van der Waals surface area contributed by atoms with E-state index in [2.05, 4.69) is 10.2 Å². The third kappa shape index (κ3) is 5.46. The van der Waals surface area contributed by atoms with E-state index in [9.17, 15) is 8.78 Å². The summed E-state index contributed by atoms with van der Waals surface area (Å²) in [6.07, 6.45) is 0. The number of nitrogens with zero attached hydrogens (tertiary/aromatic N) is 3. The molecular formula is C20H20ClF2N3O2S. The van der Waals surface area contributed by atoms with Gasteiger partial charge < -0.3 is 9.47 Å². The van der Waals surface area contributed by atoms with Crippen LogP contribution in [-0.2, 0) is 17.1 Å². The zero-order valence-corrected chi connectivity index (χ0v) is 17.5. The second-order valence-electron chi connectivity index (χ2n) is 6.32. The predicted octanol–water partition coefficient (Wildman–Crippen LogP) is 5.29. The van der Waals surface area contributed by atoms with E-state index in [1.54, 1.807) is 31.4 Å². The van der Waals surface area contributed by atoms with Crippen LogP contribution in [0.4, 0.5) is 8.78 Å². The van der Waals surface area contributed by atoms with E-state index < -0.39 is 5.82 Å². The number of aromatic nitrogens is 3. The quantitative estimate of drug-likeness (QED) is 0.424. The number of methoxy groups -OCH3 is 1. The molecule has 5 nitrogen and oxygen atoms in total. The Labute approximate surface area is 177 Å². The van der Waals surface area contributed by atoms with Crippen molar-refractivity contribution in [2.45, 2.75) is 30.5 Å². The van der Waals surface area contributed by atoms with Gasteiger partial charge in [0.15, 0.2) is 22.5 Å². The minimum atomic E-state index is -0.441. The van der Waals surface area contributed by atoms with Crippen LogP contribution in [0, 0.1) is 11.6 Å². The molecule has 0 amide bonds. The maximum Gasteiger partial charge on any atom is 0.191 e. The molecule has 2 aromatic carbocycles. The molecule has 0 radical (unpaired) electrons. The first-order chi connectivity index (χ1) is 14.0. The van der Waals surface area contributed by atoms with Gasteiger partial charge in [-0.2, -0.15) is 0 Å². The molecule has 3 aromatic rings. The van der Waals surface area contributed by atoms with Gasteiger partial charge in [-0.05, 0) is 36.8 Å². The molecule has 154 valence electrons. The first-order valence-corrected chi connectivity index (χ1v) is 10.2. The highest BCUT2D eigenvalue weighted by Gasteiger charge is 2.19. The van der Waals surface area contributed by atoms with E-state index in [4.69, 9.17) is 21.1 Å². The Hall–Kier alpha value is -2.16. The molecule has 0 saturated carbocycles. The highest BCUT2D eigenvalue weighted by molar-refractivity contribution is 7.98. The van der Waals surface area contributed by atoms with Gasteiger partial charge in [-0.1, -0.05) is 41.6 Å². The summed E-state index contributed by atoms with van der Waals surface area (Å²) < 4.78 is 39.8. The molecule has 1 aromatic heterocycles. The first kappa shape index (κ1) is 21.5. The van der Waals surface area contributed by atoms with Crippen molar-refractivity contribution in [3.63, 3.8) is 0 Å². The van der Waals surface area contributed by atoms with E-state index in [-0.39, 0.29) is 24.2 Å². The molecule has 0 bridgehead atoms. The number of hydrogen-bond acceptors (Lipinski definition) is 5. The van der Waals surface area contributed by atoms with E-state index in [0.29, 0.717) is 28.4 Å². The fourth-order valence-corrected chi connectivity index (χ4v) is 4.12. The van der Waals surface area contributed by atoms with Crippen molar-refractivity contribution in [1.82, 2.24) is 14.8 Å². The summed E-state index contributed by atoms with van der Waals surface area (Å²) in [5.74, 6) is 0.363. The van der Waals surface area contributed by atoms with Crippen molar-refractivity contribution in [3.05, 3.63) is 70.5 Å². The van der Waals surface area contributed by atoms with Crippen molar-refractivity contribution in [1.29, 1.82) is 0 Å². The lowest BCUT2D eigenvalue weighted by atomic mass is 10.2. The molecule has 1 heterocycles. The van der Waals surface area contributed by atoms with Crippen molar-refractivity contribution in [2.24, 2.45) is 0 Å². The van der Waals surface area contributed by atoms with Crippen LogP contribution < -0.4 is 4.74 Å². The Balaban J connectivity index is 1.78. The van der Waals surface area contributed by atoms with Crippen LogP contribution in [0.25, 0.3) is 0 Å². The molecule has 0 aliphatic carbocycles. The van der Waals surface area contributed by atoms with Crippen LogP contribution in [0.2, 0.25) is 5.02 Å². The minimum absolute atomic E-state index is 0.0554. The molecule has 0 saturated heterocycles. The van der Waals surface area contributed by atoms with E-state index in [0.717, 1.165) is 5.56 Å². The highest BCUT2D eigenvalue weighted by atomic mass is 35.5. The maximum atomic E-state index is 13.8. The van der Waals surface area contributed by atoms with Crippen LogP contribution in [0.15, 0.2) is 47.6 Å². The standard InChI is InChI=1S/C20H20ClF2N3O2S/c1-13(10-27-2)26-19(11-28-18-6-4-3-5-17(18)23)24-25-20(26)29-12-14-7-8-15(22)9-16(14)21/h3-9,13H,10-12H2,1-2H3/t13-/m1/s1. The average molecular weight is 440 g/mol. The summed E-state index contributed by atoms with van der Waals surface area (Å²) in [5.41, 5.74) is 0.788. The molecular weight excluding hydrogens is 420 g/mol. The van der Waals surface area contributed by atoms with Gasteiger partial charge in [-0.15, -0.1) is 10.2 Å².